The Hall–Kier alpha value is -2.96. The van der Waals surface area contributed by atoms with E-state index in [9.17, 15) is 35.1 Å². The van der Waals surface area contributed by atoms with Crippen LogP contribution in [0.15, 0.2) is 60.7 Å². The van der Waals surface area contributed by atoms with Gasteiger partial charge in [0, 0.05) is 25.7 Å². The van der Waals surface area contributed by atoms with Crippen molar-refractivity contribution in [3.8, 4) is 0 Å². The Balaban J connectivity index is 0.000000267. The summed E-state index contributed by atoms with van der Waals surface area (Å²) in [4.78, 5) is 24.2. The molecule has 0 unspecified atom stereocenters. The second-order valence-electron chi connectivity index (χ2n) is 26.0. The molecule has 0 spiro atoms. The van der Waals surface area contributed by atoms with Crippen LogP contribution in [0.25, 0.3) is 0 Å². The van der Waals surface area contributed by atoms with Gasteiger partial charge < -0.3 is 77.3 Å². The molecule has 7 saturated heterocycles. The second kappa shape index (κ2) is 27.0. The smallest absolute Gasteiger partial charge is 0.311 e. The molecule has 2 aromatic rings. The summed E-state index contributed by atoms with van der Waals surface area (Å²) in [6, 6.07) is 20.6. The highest BCUT2D eigenvalue weighted by Gasteiger charge is 2.62. The van der Waals surface area contributed by atoms with Crippen LogP contribution >= 0.6 is 0 Å². The molecule has 7 heterocycles. The number of rotatable bonds is 15. The Morgan fingerprint density at radius 1 is 0.613 bits per heavy atom. The van der Waals surface area contributed by atoms with E-state index in [2.05, 4.69) is 45.0 Å². The summed E-state index contributed by atoms with van der Waals surface area (Å²) in [5.74, 6) is -1.14. The van der Waals surface area contributed by atoms with Gasteiger partial charge in [-0.15, -0.1) is 0 Å². The highest BCUT2D eigenvalue weighted by Crippen LogP contribution is 2.46. The third kappa shape index (κ3) is 14.9. The molecule has 7 aliphatic rings. The van der Waals surface area contributed by atoms with E-state index in [1.54, 1.807) is 0 Å². The minimum atomic E-state index is -3.07. The summed E-state index contributed by atoms with van der Waals surface area (Å²) >= 11 is 0. The molecule has 0 amide bonds. The molecule has 18 atom stereocenters. The molecule has 2 aromatic carbocycles. The summed E-state index contributed by atoms with van der Waals surface area (Å²) in [7, 11) is -3.07. The first-order valence-corrected chi connectivity index (χ1v) is 30.3. The van der Waals surface area contributed by atoms with Crippen LogP contribution in [0.1, 0.15) is 142 Å². The average molecular weight is 1150 g/mol. The van der Waals surface area contributed by atoms with E-state index in [0.717, 1.165) is 16.8 Å². The number of aliphatic hydroxyl groups excluding tert-OH is 5. The second-order valence-corrected chi connectivity index (χ2v) is 30.2. The molecule has 9 rings (SSSR count). The lowest BCUT2D eigenvalue weighted by Gasteiger charge is -2.49. The van der Waals surface area contributed by atoms with Crippen molar-refractivity contribution in [1.82, 2.24) is 0 Å². The zero-order valence-electron chi connectivity index (χ0n) is 47.7. The fraction of sp³-hybridized carbons (Fsp3) is 0.770. The first kappa shape index (κ1) is 66.2. The van der Waals surface area contributed by atoms with Crippen LogP contribution in [-0.4, -0.2) is 188 Å². The van der Waals surface area contributed by atoms with E-state index in [1.165, 1.54) is 0 Å². The zero-order valence-corrected chi connectivity index (χ0v) is 48.7. The molecule has 454 valence electrons. The molecule has 7 aliphatic heterocycles. The summed E-state index contributed by atoms with van der Waals surface area (Å²) in [6.45, 7) is 21.8. The van der Waals surface area contributed by atoms with Gasteiger partial charge in [-0.2, -0.15) is 0 Å². The van der Waals surface area contributed by atoms with Crippen molar-refractivity contribution in [3.63, 3.8) is 0 Å². The van der Waals surface area contributed by atoms with E-state index in [0.29, 0.717) is 45.1 Å². The van der Waals surface area contributed by atoms with Crippen LogP contribution in [0.3, 0.4) is 0 Å². The van der Waals surface area contributed by atoms with E-state index in [-0.39, 0.29) is 82.0 Å². The van der Waals surface area contributed by atoms with Gasteiger partial charge in [-0.3, -0.25) is 9.59 Å². The van der Waals surface area contributed by atoms with Crippen LogP contribution in [0.2, 0.25) is 5.04 Å². The molecule has 0 radical (unpaired) electrons. The number of aliphatic hydroxyl groups is 5. The van der Waals surface area contributed by atoms with Crippen LogP contribution in [0.4, 0.5) is 0 Å². The number of hydrogen-bond donors (Lipinski definition) is 5. The largest absolute Gasteiger partial charge is 0.465 e. The molecule has 19 heteroatoms. The first-order valence-electron chi connectivity index (χ1n) is 28.4. The predicted octanol–water partition coefficient (Wildman–Crippen LogP) is 5.68. The minimum Gasteiger partial charge on any atom is -0.465 e. The third-order valence-corrected chi connectivity index (χ3v) is 21.3. The highest BCUT2D eigenvalue weighted by atomic mass is 28.4. The summed E-state index contributed by atoms with van der Waals surface area (Å²) in [5, 5.41) is 55.9. The van der Waals surface area contributed by atoms with Gasteiger partial charge >= 0.3 is 11.9 Å². The molecule has 0 bridgehead atoms. The minimum absolute atomic E-state index is 0. The van der Waals surface area contributed by atoms with Crippen LogP contribution in [0.5, 0.6) is 0 Å². The number of hydrogen-bond acceptors (Lipinski definition) is 18. The maximum atomic E-state index is 12.2. The Labute approximate surface area is 476 Å². The highest BCUT2D eigenvalue weighted by molar-refractivity contribution is 6.99. The normalized spacial score (nSPS) is 35.1. The van der Waals surface area contributed by atoms with Crippen molar-refractivity contribution in [2.75, 3.05) is 26.4 Å². The Morgan fingerprint density at radius 2 is 1.06 bits per heavy atom. The Morgan fingerprint density at radius 3 is 1.50 bits per heavy atom. The molecule has 18 nitrogen and oxygen atoms in total. The van der Waals surface area contributed by atoms with Gasteiger partial charge in [0.2, 0.25) is 0 Å². The lowest BCUT2D eigenvalue weighted by molar-refractivity contribution is -0.260. The van der Waals surface area contributed by atoms with Crippen molar-refractivity contribution in [1.29, 1.82) is 0 Å². The van der Waals surface area contributed by atoms with Crippen LogP contribution in [0, 0.1) is 10.8 Å². The van der Waals surface area contributed by atoms with Gasteiger partial charge in [0.25, 0.3) is 8.32 Å². The maximum Gasteiger partial charge on any atom is 0.311 e. The fourth-order valence-electron chi connectivity index (χ4n) is 12.2. The van der Waals surface area contributed by atoms with Crippen LogP contribution in [-0.2, 0) is 61.4 Å². The van der Waals surface area contributed by atoms with E-state index >= 15 is 0 Å². The van der Waals surface area contributed by atoms with Gasteiger partial charge in [-0.25, -0.2) is 0 Å². The number of carbonyl (C=O) groups is 2. The van der Waals surface area contributed by atoms with E-state index in [1.807, 2.05) is 91.8 Å². The average Bonchev–Trinajstić information content (AvgIpc) is 4.03. The topological polar surface area (TPSA) is 237 Å². The maximum absolute atomic E-state index is 12.2. The molecule has 0 saturated carbocycles. The molecule has 5 N–H and O–H groups in total. The predicted molar refractivity (Wildman–Crippen MR) is 302 cm³/mol. The quantitative estimate of drug-likeness (QED) is 0.107. The van der Waals surface area contributed by atoms with E-state index < -0.39 is 111 Å². The van der Waals surface area contributed by atoms with Crippen molar-refractivity contribution in [2.45, 2.75) is 263 Å². The number of esters is 2. The lowest BCUT2D eigenvalue weighted by Crippen LogP contribution is -2.70. The van der Waals surface area contributed by atoms with Crippen molar-refractivity contribution < 1.29 is 86.9 Å². The van der Waals surface area contributed by atoms with Crippen LogP contribution < -0.4 is 10.4 Å². The lowest BCUT2D eigenvalue weighted by atomic mass is 9.88. The van der Waals surface area contributed by atoms with E-state index in [4.69, 9.17) is 51.8 Å². The molecule has 80 heavy (non-hydrogen) atoms. The SMILES string of the molecule is C.C.CC(C)(C)C(=O)OCC[C@H]1CC[C@@H]2O[C@H]3[C@@H](O[Si](c4ccccc4)(c4ccccc4)C(C)(C)C)[C@@H](C[C@@H](O)CO)O[C@H]3[C@@H](O)[C@H]2O1.CC1(C)OC[C@@H](C[C@H]2O[C@H]3[C@@H](O)[C@H]4O[C@@H](CCOC(=O)C(C)(C)C)CC[C@@H]4O[C@H]3[C@H]2O)O1. The van der Waals surface area contributed by atoms with Gasteiger partial charge in [-0.1, -0.05) is 96.3 Å². The monoisotopic (exact) mass is 1150 g/mol. The first-order chi connectivity index (χ1) is 36.7. The zero-order chi connectivity index (χ0) is 56.5. The number of benzene rings is 2. The summed E-state index contributed by atoms with van der Waals surface area (Å²) in [5.41, 5.74) is -1.11. The molecule has 7 fully saturated rings. The standard InChI is InChI=1S/C36H52O9Si.C23H38O9.2CH4/c1-35(2,3)34(40)41-20-19-24-17-18-27-30(42-24)29(39)32-33(43-27)31(28(44-32)21-23(38)22-37)45-46(36(4,5)6,25-13-9-7-10-14-25)26-15-11-8-12-16-26;1-22(2,3)21(26)27-9-8-12-6-7-14-18(29-12)17(25)20-19(30-14)16(24)15(31-20)10-13-11-28-23(4,5)32-13;;/h7-16,23-24,27-33,37-39H,17-22H2,1-6H3;12-20,24-25H,6-11H2,1-5H3;2*1H4/t23-,24-,27+,28-,29+,30+,31+,32+,33+;12-,13-,14+,15-,16+,17+,18+,19+,20+;;/m11../s1. The Bertz CT molecular complexity index is 2210. The summed E-state index contributed by atoms with van der Waals surface area (Å²) < 4.78 is 67.8. The van der Waals surface area contributed by atoms with Gasteiger partial charge in [0.05, 0.1) is 86.1 Å². The molecule has 0 aliphatic carbocycles. The van der Waals surface area contributed by atoms with Gasteiger partial charge in [0.15, 0.2) is 5.79 Å². The van der Waals surface area contributed by atoms with Gasteiger partial charge in [0.1, 0.15) is 61.0 Å². The molecule has 0 aromatic heterocycles. The molecular weight excluding hydrogens is 1050 g/mol. The number of fused-ring (bicyclic) bond motifs is 4. The summed E-state index contributed by atoms with van der Waals surface area (Å²) in [6.07, 6.45) is -6.02. The van der Waals surface area contributed by atoms with Crippen molar-refractivity contribution in [2.24, 2.45) is 10.8 Å². The number of carbonyl (C=O) groups excluding carboxylic acids is 2. The van der Waals surface area contributed by atoms with Crippen molar-refractivity contribution in [3.05, 3.63) is 60.7 Å². The fourth-order valence-corrected chi connectivity index (χ4v) is 16.9. The number of ether oxygens (including phenoxy) is 10. The molecular formula is C61H98O18Si. The van der Waals surface area contributed by atoms with Gasteiger partial charge in [-0.05, 0) is 96.5 Å². The Kier molecular flexibility index (Phi) is 22.3. The van der Waals surface area contributed by atoms with Crippen molar-refractivity contribution >= 4 is 30.6 Å². The third-order valence-electron chi connectivity index (χ3n) is 16.3.